The number of nitrogens with one attached hydrogen (secondary N) is 1. The summed E-state index contributed by atoms with van der Waals surface area (Å²) in [5.74, 6) is 1.43. The summed E-state index contributed by atoms with van der Waals surface area (Å²) in [4.78, 5) is 15.1. The first kappa shape index (κ1) is 19.9. The maximum absolute atomic E-state index is 13.1. The molecule has 3 aliphatic rings. The molecule has 0 bridgehead atoms. The lowest BCUT2D eigenvalue weighted by Crippen LogP contribution is -2.36. The van der Waals surface area contributed by atoms with Gasteiger partial charge in [-0.1, -0.05) is 37.1 Å². The Bertz CT molecular complexity index is 817. The fourth-order valence-electron chi connectivity index (χ4n) is 5.24. The number of hydrogen-bond acceptors (Lipinski definition) is 3. The zero-order chi connectivity index (χ0) is 19.7. The lowest BCUT2D eigenvalue weighted by atomic mass is 9.90. The molecule has 5 nitrogen and oxygen atoms in total. The zero-order valence-corrected chi connectivity index (χ0v) is 17.6. The quantitative estimate of drug-likeness (QED) is 0.818. The van der Waals surface area contributed by atoms with Crippen molar-refractivity contribution in [2.75, 3.05) is 19.3 Å². The number of nitrogens with zero attached hydrogens (tertiary/aromatic N) is 1. The first-order valence-corrected chi connectivity index (χ1v) is 12.7. The Morgan fingerprint density at radius 1 is 1.00 bits per heavy atom. The smallest absolute Gasteiger partial charge is 0.226 e. The van der Waals surface area contributed by atoms with Gasteiger partial charge in [-0.15, -0.1) is 0 Å². The summed E-state index contributed by atoms with van der Waals surface area (Å²) in [5.41, 5.74) is 2.88. The van der Waals surface area contributed by atoms with Crippen molar-refractivity contribution in [3.8, 4) is 0 Å². The van der Waals surface area contributed by atoms with Crippen LogP contribution in [0, 0.1) is 5.92 Å². The van der Waals surface area contributed by atoms with Crippen molar-refractivity contribution >= 4 is 15.9 Å². The van der Waals surface area contributed by atoms with Gasteiger partial charge in [-0.2, -0.15) is 0 Å². The Balaban J connectivity index is 1.39. The van der Waals surface area contributed by atoms with E-state index in [4.69, 9.17) is 0 Å². The first-order chi connectivity index (χ1) is 13.4. The minimum absolute atomic E-state index is 0.0501. The second-order valence-electron chi connectivity index (χ2n) is 8.90. The van der Waals surface area contributed by atoms with E-state index in [1.54, 1.807) is 0 Å². The van der Waals surface area contributed by atoms with Crippen molar-refractivity contribution in [2.24, 2.45) is 5.92 Å². The van der Waals surface area contributed by atoms with Gasteiger partial charge < -0.3 is 4.90 Å². The van der Waals surface area contributed by atoms with Crippen molar-refractivity contribution in [2.45, 2.75) is 69.2 Å². The normalized spacial score (nSPS) is 28.9. The molecule has 1 aromatic rings. The molecule has 2 saturated carbocycles. The Kier molecular flexibility index (Phi) is 5.79. The van der Waals surface area contributed by atoms with Crippen LogP contribution in [0.25, 0.3) is 0 Å². The highest BCUT2D eigenvalue weighted by atomic mass is 32.2. The molecule has 1 saturated heterocycles. The molecule has 6 heteroatoms. The highest BCUT2D eigenvalue weighted by Gasteiger charge is 2.47. The van der Waals surface area contributed by atoms with Crippen LogP contribution in [0.5, 0.6) is 0 Å². The maximum Gasteiger partial charge on any atom is 0.226 e. The van der Waals surface area contributed by atoms with Gasteiger partial charge in [0.15, 0.2) is 0 Å². The molecule has 0 aromatic heterocycles. The molecule has 1 aromatic carbocycles. The van der Waals surface area contributed by atoms with Crippen LogP contribution in [0.1, 0.15) is 74.3 Å². The van der Waals surface area contributed by atoms with E-state index in [-0.39, 0.29) is 17.9 Å². The SMILES string of the molecule is CS(=O)(=O)NC1CCCN(C(=O)C2CC2c2ccccc2C2CCCC2)CC1. The van der Waals surface area contributed by atoms with Gasteiger partial charge in [-0.25, -0.2) is 13.1 Å². The standard InChI is InChI=1S/C22H32N2O3S/c1-28(26,27)23-17-9-6-13-24(14-12-17)22(25)21-15-20(21)19-11-5-4-10-18(19)16-7-2-3-8-16/h4-5,10-11,16-17,20-21,23H,2-3,6-9,12-15H2,1H3. The monoisotopic (exact) mass is 404 g/mol. The lowest BCUT2D eigenvalue weighted by Gasteiger charge is -2.21. The van der Waals surface area contributed by atoms with E-state index in [1.165, 1.54) is 43.1 Å². The fraction of sp³-hybridized carbons (Fsp3) is 0.682. The van der Waals surface area contributed by atoms with E-state index in [9.17, 15) is 13.2 Å². The highest BCUT2D eigenvalue weighted by molar-refractivity contribution is 7.88. The second-order valence-corrected chi connectivity index (χ2v) is 10.7. The summed E-state index contributed by atoms with van der Waals surface area (Å²) in [5, 5.41) is 0. The number of hydrogen-bond donors (Lipinski definition) is 1. The molecule has 1 amide bonds. The molecule has 4 rings (SSSR count). The summed E-state index contributed by atoms with van der Waals surface area (Å²) in [6.07, 6.45) is 9.73. The number of amides is 1. The van der Waals surface area contributed by atoms with Crippen LogP contribution in [0.2, 0.25) is 0 Å². The number of sulfonamides is 1. The number of carbonyl (C=O) groups is 1. The van der Waals surface area contributed by atoms with Crippen molar-refractivity contribution < 1.29 is 13.2 Å². The predicted molar refractivity (Wildman–Crippen MR) is 111 cm³/mol. The van der Waals surface area contributed by atoms with E-state index in [1.807, 2.05) is 4.90 Å². The summed E-state index contributed by atoms with van der Waals surface area (Å²) >= 11 is 0. The molecular weight excluding hydrogens is 372 g/mol. The Morgan fingerprint density at radius 3 is 2.43 bits per heavy atom. The molecule has 0 spiro atoms. The van der Waals surface area contributed by atoms with Crippen LogP contribution in [-0.4, -0.2) is 44.6 Å². The second kappa shape index (κ2) is 8.15. The van der Waals surface area contributed by atoms with E-state index in [0.29, 0.717) is 24.8 Å². The van der Waals surface area contributed by atoms with Gasteiger partial charge in [0.05, 0.1) is 6.26 Å². The molecule has 1 aliphatic heterocycles. The van der Waals surface area contributed by atoms with Crippen LogP contribution in [-0.2, 0) is 14.8 Å². The van der Waals surface area contributed by atoms with Crippen LogP contribution in [0.3, 0.4) is 0 Å². The maximum atomic E-state index is 13.1. The van der Waals surface area contributed by atoms with Gasteiger partial charge in [-0.3, -0.25) is 4.79 Å². The van der Waals surface area contributed by atoms with Gasteiger partial charge in [0.1, 0.15) is 0 Å². The summed E-state index contributed by atoms with van der Waals surface area (Å²) < 4.78 is 25.7. The molecule has 3 atom stereocenters. The third kappa shape index (κ3) is 4.60. The number of benzene rings is 1. The van der Waals surface area contributed by atoms with Gasteiger partial charge in [-0.05, 0) is 61.5 Å². The van der Waals surface area contributed by atoms with Crippen molar-refractivity contribution in [3.05, 3.63) is 35.4 Å². The van der Waals surface area contributed by atoms with Gasteiger partial charge in [0.2, 0.25) is 15.9 Å². The van der Waals surface area contributed by atoms with Crippen molar-refractivity contribution in [1.29, 1.82) is 0 Å². The Morgan fingerprint density at radius 2 is 1.71 bits per heavy atom. The van der Waals surface area contributed by atoms with Crippen LogP contribution in [0.4, 0.5) is 0 Å². The molecule has 3 fully saturated rings. The summed E-state index contributed by atoms with van der Waals surface area (Å²) in [7, 11) is -3.19. The van der Waals surface area contributed by atoms with E-state index >= 15 is 0 Å². The van der Waals surface area contributed by atoms with Gasteiger partial charge >= 0.3 is 0 Å². The fourth-order valence-corrected chi connectivity index (χ4v) is 6.08. The molecule has 1 N–H and O–H groups in total. The van der Waals surface area contributed by atoms with Crippen molar-refractivity contribution in [3.63, 3.8) is 0 Å². The Labute approximate surface area is 168 Å². The molecule has 28 heavy (non-hydrogen) atoms. The summed E-state index contributed by atoms with van der Waals surface area (Å²) in [6.45, 7) is 1.40. The van der Waals surface area contributed by atoms with Crippen molar-refractivity contribution in [1.82, 2.24) is 9.62 Å². The first-order valence-electron chi connectivity index (χ1n) is 10.8. The topological polar surface area (TPSA) is 66.5 Å². The van der Waals surface area contributed by atoms with Gasteiger partial charge in [0.25, 0.3) is 0 Å². The zero-order valence-electron chi connectivity index (χ0n) is 16.8. The molecule has 3 unspecified atom stereocenters. The average Bonchev–Trinajstić information content (AvgIpc) is 3.33. The number of carbonyl (C=O) groups excluding carboxylic acids is 1. The number of likely N-dealkylation sites (tertiary alicyclic amines) is 1. The van der Waals surface area contributed by atoms with Crippen LogP contribution >= 0.6 is 0 Å². The predicted octanol–water partition coefficient (Wildman–Crippen LogP) is 3.38. The molecule has 0 radical (unpaired) electrons. The molecular formula is C22H32N2O3S. The minimum atomic E-state index is -3.19. The van der Waals surface area contributed by atoms with E-state index < -0.39 is 10.0 Å². The third-order valence-corrected chi connectivity index (χ3v) is 7.48. The summed E-state index contributed by atoms with van der Waals surface area (Å²) in [6, 6.07) is 8.71. The molecule has 1 heterocycles. The van der Waals surface area contributed by atoms with E-state index in [0.717, 1.165) is 25.8 Å². The van der Waals surface area contributed by atoms with Crippen LogP contribution < -0.4 is 4.72 Å². The third-order valence-electron chi connectivity index (χ3n) is 6.72. The largest absolute Gasteiger partial charge is 0.342 e. The van der Waals surface area contributed by atoms with Crippen LogP contribution in [0.15, 0.2) is 24.3 Å². The van der Waals surface area contributed by atoms with E-state index in [2.05, 4.69) is 29.0 Å². The highest BCUT2D eigenvalue weighted by Crippen LogP contribution is 2.52. The average molecular weight is 405 g/mol. The molecule has 2 aliphatic carbocycles. The minimum Gasteiger partial charge on any atom is -0.342 e. The lowest BCUT2D eigenvalue weighted by molar-refractivity contribution is -0.132. The van der Waals surface area contributed by atoms with Gasteiger partial charge in [0, 0.05) is 25.0 Å². The molecule has 154 valence electrons. The number of rotatable bonds is 5. The Hall–Kier alpha value is -1.40.